The van der Waals surface area contributed by atoms with E-state index in [4.69, 9.17) is 4.84 Å². The van der Waals surface area contributed by atoms with E-state index in [9.17, 15) is 4.79 Å². The highest BCUT2D eigenvalue weighted by molar-refractivity contribution is 5.90. The van der Waals surface area contributed by atoms with Crippen molar-refractivity contribution < 1.29 is 9.63 Å². The molecule has 2 amide bonds. The zero-order valence-corrected chi connectivity index (χ0v) is 8.60. The van der Waals surface area contributed by atoms with E-state index in [1.54, 1.807) is 14.1 Å². The van der Waals surface area contributed by atoms with Gasteiger partial charge in [-0.3, -0.25) is 9.74 Å². The van der Waals surface area contributed by atoms with Crippen LogP contribution in [-0.2, 0) is 4.84 Å². The van der Waals surface area contributed by atoms with Crippen molar-refractivity contribution in [2.24, 2.45) is 0 Å². The van der Waals surface area contributed by atoms with E-state index in [0.29, 0.717) is 0 Å². The fourth-order valence-corrected chi connectivity index (χ4v) is 1.05. The van der Waals surface area contributed by atoms with E-state index < -0.39 is 0 Å². The molecule has 0 fully saturated rings. The summed E-state index contributed by atoms with van der Waals surface area (Å²) in [6.07, 6.45) is 0. The molecule has 0 heterocycles. The predicted molar refractivity (Wildman–Crippen MR) is 55.0 cm³/mol. The molecule has 14 heavy (non-hydrogen) atoms. The number of hydrogen-bond donors (Lipinski definition) is 0. The molecule has 0 bridgehead atoms. The number of amides is 2. The van der Waals surface area contributed by atoms with Gasteiger partial charge in [0.2, 0.25) is 0 Å². The van der Waals surface area contributed by atoms with Crippen LogP contribution < -0.4 is 4.90 Å². The fraction of sp³-hybridized carbons (Fsp3) is 0.300. The topological polar surface area (TPSA) is 32.8 Å². The second-order valence-electron chi connectivity index (χ2n) is 2.86. The molecule has 0 saturated heterocycles. The number of rotatable bonds is 2. The summed E-state index contributed by atoms with van der Waals surface area (Å²) < 4.78 is 0. The Kier molecular flexibility index (Phi) is 3.48. The van der Waals surface area contributed by atoms with Crippen molar-refractivity contribution in [1.29, 1.82) is 0 Å². The van der Waals surface area contributed by atoms with E-state index in [1.807, 2.05) is 30.3 Å². The molecule has 4 heteroatoms. The smallest absolute Gasteiger partial charge is 0.296 e. The minimum absolute atomic E-state index is 0.210. The van der Waals surface area contributed by atoms with E-state index in [0.717, 1.165) is 5.69 Å². The predicted octanol–water partition coefficient (Wildman–Crippen LogP) is 1.74. The third-order valence-corrected chi connectivity index (χ3v) is 1.97. The van der Waals surface area contributed by atoms with Crippen LogP contribution in [0.5, 0.6) is 0 Å². The minimum Gasteiger partial charge on any atom is -0.296 e. The van der Waals surface area contributed by atoms with Crippen LogP contribution in [0.2, 0.25) is 0 Å². The molecule has 0 N–H and O–H groups in total. The molecule has 1 aromatic rings. The molecule has 0 unspecified atom stereocenters. The molecular formula is C10H14N2O2. The van der Waals surface area contributed by atoms with Crippen molar-refractivity contribution in [2.45, 2.75) is 0 Å². The lowest BCUT2D eigenvalue weighted by atomic mass is 10.3. The van der Waals surface area contributed by atoms with Gasteiger partial charge in [0, 0.05) is 19.8 Å². The first-order valence-electron chi connectivity index (χ1n) is 4.27. The Bertz CT molecular complexity index is 300. The van der Waals surface area contributed by atoms with Crippen LogP contribution >= 0.6 is 0 Å². The van der Waals surface area contributed by atoms with Gasteiger partial charge in [-0.2, -0.15) is 0 Å². The third-order valence-electron chi connectivity index (χ3n) is 1.97. The highest BCUT2D eigenvalue weighted by Gasteiger charge is 2.14. The van der Waals surface area contributed by atoms with Crippen LogP contribution in [0.4, 0.5) is 10.5 Å². The van der Waals surface area contributed by atoms with Gasteiger partial charge in [0.15, 0.2) is 0 Å². The SMILES string of the molecule is CON(C)C(=O)N(C)c1ccccc1. The van der Waals surface area contributed by atoms with Gasteiger partial charge in [0.05, 0.1) is 7.11 Å². The highest BCUT2D eigenvalue weighted by Crippen LogP contribution is 2.12. The Labute approximate surface area is 83.6 Å². The summed E-state index contributed by atoms with van der Waals surface area (Å²) >= 11 is 0. The maximum Gasteiger partial charge on any atom is 0.347 e. The molecule has 0 spiro atoms. The van der Waals surface area contributed by atoms with Gasteiger partial charge in [0.1, 0.15) is 0 Å². The fourth-order valence-electron chi connectivity index (χ4n) is 1.05. The van der Waals surface area contributed by atoms with Crippen molar-refractivity contribution in [1.82, 2.24) is 5.06 Å². The number of hydrogen-bond acceptors (Lipinski definition) is 2. The number of para-hydroxylation sites is 1. The van der Waals surface area contributed by atoms with Crippen LogP contribution in [0.3, 0.4) is 0 Å². The van der Waals surface area contributed by atoms with Crippen molar-refractivity contribution in [3.63, 3.8) is 0 Å². The molecule has 0 atom stereocenters. The maximum absolute atomic E-state index is 11.6. The molecule has 0 aliphatic heterocycles. The molecule has 1 rings (SSSR count). The molecule has 0 aliphatic rings. The Morgan fingerprint density at radius 1 is 1.21 bits per heavy atom. The van der Waals surface area contributed by atoms with Gasteiger partial charge >= 0.3 is 6.03 Å². The number of carbonyl (C=O) groups excluding carboxylic acids is 1. The average molecular weight is 194 g/mol. The molecule has 76 valence electrons. The zero-order chi connectivity index (χ0) is 10.6. The molecule has 0 radical (unpaired) electrons. The van der Waals surface area contributed by atoms with E-state index in [-0.39, 0.29) is 6.03 Å². The number of nitrogens with zero attached hydrogens (tertiary/aromatic N) is 2. The number of carbonyl (C=O) groups is 1. The first-order valence-corrected chi connectivity index (χ1v) is 4.27. The van der Waals surface area contributed by atoms with Crippen LogP contribution in [0, 0.1) is 0 Å². The standard InChI is InChI=1S/C10H14N2O2/c1-11(10(13)12(2)14-3)9-7-5-4-6-8-9/h4-8H,1-3H3. The number of benzene rings is 1. The third kappa shape index (κ3) is 2.23. The first-order chi connectivity index (χ1) is 6.66. The van der Waals surface area contributed by atoms with E-state index in [1.165, 1.54) is 17.1 Å². The second kappa shape index (κ2) is 4.62. The van der Waals surface area contributed by atoms with Crippen LogP contribution in [0.25, 0.3) is 0 Å². The van der Waals surface area contributed by atoms with Gasteiger partial charge < -0.3 is 0 Å². The summed E-state index contributed by atoms with van der Waals surface area (Å²) in [6, 6.07) is 9.18. The van der Waals surface area contributed by atoms with Crippen LogP contribution in [-0.4, -0.2) is 32.3 Å². The number of hydroxylamine groups is 2. The van der Waals surface area contributed by atoms with Gasteiger partial charge in [-0.15, -0.1) is 0 Å². The highest BCUT2D eigenvalue weighted by atomic mass is 16.7. The summed E-state index contributed by atoms with van der Waals surface area (Å²) in [5.41, 5.74) is 0.835. The molecule has 1 aromatic carbocycles. The number of urea groups is 1. The van der Waals surface area contributed by atoms with Gasteiger partial charge in [0.25, 0.3) is 0 Å². The molecule has 0 aliphatic carbocycles. The molecule has 0 aromatic heterocycles. The molecule has 0 saturated carbocycles. The summed E-state index contributed by atoms with van der Waals surface area (Å²) in [7, 11) is 4.73. The summed E-state index contributed by atoms with van der Waals surface area (Å²) in [6.45, 7) is 0. The second-order valence-corrected chi connectivity index (χ2v) is 2.86. The normalized spacial score (nSPS) is 9.64. The van der Waals surface area contributed by atoms with Crippen LogP contribution in [0.1, 0.15) is 0 Å². The Balaban J connectivity index is 2.76. The number of anilines is 1. The van der Waals surface area contributed by atoms with Crippen molar-refractivity contribution in [3.8, 4) is 0 Å². The first kappa shape index (κ1) is 10.5. The van der Waals surface area contributed by atoms with Gasteiger partial charge in [-0.05, 0) is 12.1 Å². The van der Waals surface area contributed by atoms with Crippen LogP contribution in [0.15, 0.2) is 30.3 Å². The Morgan fingerprint density at radius 3 is 2.29 bits per heavy atom. The average Bonchev–Trinajstić information content (AvgIpc) is 2.27. The molecule has 4 nitrogen and oxygen atoms in total. The van der Waals surface area contributed by atoms with E-state index >= 15 is 0 Å². The lowest BCUT2D eigenvalue weighted by Crippen LogP contribution is -2.38. The summed E-state index contributed by atoms with van der Waals surface area (Å²) in [5, 5.41) is 1.17. The lowest BCUT2D eigenvalue weighted by Gasteiger charge is -2.22. The maximum atomic E-state index is 11.6. The monoisotopic (exact) mass is 194 g/mol. The molecular weight excluding hydrogens is 180 g/mol. The summed E-state index contributed by atoms with van der Waals surface area (Å²) in [4.78, 5) is 17.9. The lowest BCUT2D eigenvalue weighted by molar-refractivity contribution is -0.0618. The Hall–Kier alpha value is -1.55. The van der Waals surface area contributed by atoms with Gasteiger partial charge in [-0.25, -0.2) is 9.86 Å². The summed E-state index contributed by atoms with van der Waals surface area (Å²) in [5.74, 6) is 0. The van der Waals surface area contributed by atoms with Crippen molar-refractivity contribution in [2.75, 3.05) is 26.1 Å². The minimum atomic E-state index is -0.210. The van der Waals surface area contributed by atoms with Crippen molar-refractivity contribution in [3.05, 3.63) is 30.3 Å². The van der Waals surface area contributed by atoms with Crippen molar-refractivity contribution >= 4 is 11.7 Å². The zero-order valence-electron chi connectivity index (χ0n) is 8.60. The van der Waals surface area contributed by atoms with E-state index in [2.05, 4.69) is 0 Å². The van der Waals surface area contributed by atoms with Gasteiger partial charge in [-0.1, -0.05) is 18.2 Å². The largest absolute Gasteiger partial charge is 0.347 e. The quantitative estimate of drug-likeness (QED) is 0.672. The Morgan fingerprint density at radius 2 is 1.79 bits per heavy atom.